The lowest BCUT2D eigenvalue weighted by atomic mass is 9.51. The summed E-state index contributed by atoms with van der Waals surface area (Å²) in [6, 6.07) is 1.87. The largest absolute Gasteiger partial charge is 0.469 e. The minimum absolute atomic E-state index is 0.0265. The van der Waals surface area contributed by atoms with Gasteiger partial charge in [-0.2, -0.15) is 5.10 Å². The van der Waals surface area contributed by atoms with Gasteiger partial charge in [-0.15, -0.1) is 0 Å². The second-order valence-electron chi connectivity index (χ2n) is 8.56. The number of esters is 2. The highest BCUT2D eigenvalue weighted by molar-refractivity contribution is 5.99. The molecule has 0 aliphatic heterocycles. The Morgan fingerprint density at radius 3 is 2.31 bits per heavy atom. The highest BCUT2D eigenvalue weighted by Gasteiger charge is 2.57. The first-order valence-corrected chi connectivity index (χ1v) is 10.4. The summed E-state index contributed by atoms with van der Waals surface area (Å²) in [6.45, 7) is 0. The number of nitrogens with one attached hydrogen (secondary N) is 1. The summed E-state index contributed by atoms with van der Waals surface area (Å²) in [4.78, 5) is 54.1. The Balaban J connectivity index is 1.62. The summed E-state index contributed by atoms with van der Waals surface area (Å²) in [5, 5.41) is 6.86. The molecule has 2 amide bonds. The van der Waals surface area contributed by atoms with E-state index in [1.165, 1.54) is 31.0 Å². The molecular weight excluding hydrogens is 418 g/mol. The number of methoxy groups -OCH3 is 2. The van der Waals surface area contributed by atoms with E-state index >= 15 is 0 Å². The molecule has 2 aromatic heterocycles. The van der Waals surface area contributed by atoms with Gasteiger partial charge in [0, 0.05) is 12.1 Å². The Bertz CT molecular complexity index is 1080. The van der Waals surface area contributed by atoms with Crippen molar-refractivity contribution < 1.29 is 28.7 Å². The predicted molar refractivity (Wildman–Crippen MR) is 109 cm³/mol. The molecular formula is C21H25N5O6. The molecule has 0 aromatic carbocycles. The molecule has 2 aromatic rings. The molecule has 3 N–H and O–H groups in total. The van der Waals surface area contributed by atoms with E-state index in [9.17, 15) is 19.2 Å². The van der Waals surface area contributed by atoms with Crippen molar-refractivity contribution in [3.63, 3.8) is 0 Å². The van der Waals surface area contributed by atoms with Gasteiger partial charge in [0.2, 0.25) is 5.91 Å². The molecule has 3 fully saturated rings. The molecule has 32 heavy (non-hydrogen) atoms. The number of nitrogens with zero attached hydrogens (tertiary/aromatic N) is 3. The minimum Gasteiger partial charge on any atom is -0.469 e. The zero-order valence-corrected chi connectivity index (χ0v) is 17.9. The molecule has 1 unspecified atom stereocenters. The molecule has 0 radical (unpaired) electrons. The van der Waals surface area contributed by atoms with Crippen LogP contribution in [-0.2, 0) is 19.1 Å². The van der Waals surface area contributed by atoms with Gasteiger partial charge in [0.1, 0.15) is 11.7 Å². The number of amides is 2. The smallest absolute Gasteiger partial charge is 0.356 e. The lowest BCUT2D eigenvalue weighted by Gasteiger charge is -2.54. The van der Waals surface area contributed by atoms with Crippen LogP contribution < -0.4 is 11.1 Å². The Kier molecular flexibility index (Phi) is 5.35. The normalized spacial score (nSPS) is 25.2. The fourth-order valence-corrected chi connectivity index (χ4v) is 5.19. The number of fused-ring (bicyclic) bond motifs is 4. The van der Waals surface area contributed by atoms with E-state index in [4.69, 9.17) is 15.2 Å². The van der Waals surface area contributed by atoms with Crippen molar-refractivity contribution in [1.82, 2.24) is 19.9 Å². The van der Waals surface area contributed by atoms with Gasteiger partial charge < -0.3 is 20.5 Å². The molecule has 0 saturated heterocycles. The summed E-state index contributed by atoms with van der Waals surface area (Å²) in [5.41, 5.74) is 4.91. The molecule has 170 valence electrons. The van der Waals surface area contributed by atoms with Crippen molar-refractivity contribution in [2.24, 2.45) is 16.6 Å². The first-order valence-electron chi connectivity index (χ1n) is 10.4. The zero-order valence-electron chi connectivity index (χ0n) is 17.9. The summed E-state index contributed by atoms with van der Waals surface area (Å²) >= 11 is 0. The van der Waals surface area contributed by atoms with Crippen molar-refractivity contribution in [2.45, 2.75) is 44.6 Å². The Labute approximate surface area is 183 Å². The zero-order chi connectivity index (χ0) is 23.1. The number of carbonyl (C=O) groups is 4. The number of nitrogens with two attached hydrogens (primary N) is 1. The van der Waals surface area contributed by atoms with Gasteiger partial charge in [-0.25, -0.2) is 14.3 Å². The molecule has 5 rings (SSSR count). The second-order valence-corrected chi connectivity index (χ2v) is 8.56. The molecule has 0 spiro atoms. The van der Waals surface area contributed by atoms with Crippen LogP contribution >= 0.6 is 0 Å². The van der Waals surface area contributed by atoms with Crippen LogP contribution in [0.15, 0.2) is 18.3 Å². The highest BCUT2D eigenvalue weighted by atomic mass is 16.5. The van der Waals surface area contributed by atoms with Crippen molar-refractivity contribution in [2.75, 3.05) is 14.2 Å². The van der Waals surface area contributed by atoms with Crippen LogP contribution in [0.1, 0.15) is 59.5 Å². The first-order chi connectivity index (χ1) is 15.2. The average molecular weight is 443 g/mol. The number of aromatic nitrogens is 3. The van der Waals surface area contributed by atoms with E-state index < -0.39 is 34.7 Å². The van der Waals surface area contributed by atoms with E-state index in [-0.39, 0.29) is 23.0 Å². The molecule has 11 nitrogen and oxygen atoms in total. The molecule has 1 atom stereocenters. The minimum atomic E-state index is -0.939. The Hall–Kier alpha value is -3.50. The number of ether oxygens (including phenoxy) is 2. The van der Waals surface area contributed by atoms with E-state index in [0.717, 1.165) is 0 Å². The lowest BCUT2D eigenvalue weighted by Crippen LogP contribution is -2.60. The van der Waals surface area contributed by atoms with E-state index in [1.54, 1.807) is 6.07 Å². The van der Waals surface area contributed by atoms with Crippen molar-refractivity contribution in [1.29, 1.82) is 0 Å². The van der Waals surface area contributed by atoms with Crippen LogP contribution in [0.25, 0.3) is 5.65 Å². The Morgan fingerprint density at radius 2 is 1.75 bits per heavy atom. The third-order valence-electron chi connectivity index (χ3n) is 7.08. The van der Waals surface area contributed by atoms with Crippen molar-refractivity contribution >= 4 is 29.4 Å². The van der Waals surface area contributed by atoms with E-state index in [2.05, 4.69) is 15.4 Å². The highest BCUT2D eigenvalue weighted by Crippen LogP contribution is 2.58. The van der Waals surface area contributed by atoms with E-state index in [1.807, 2.05) is 0 Å². The van der Waals surface area contributed by atoms with Gasteiger partial charge in [0.15, 0.2) is 11.3 Å². The first kappa shape index (κ1) is 21.7. The molecule has 3 saturated carbocycles. The van der Waals surface area contributed by atoms with Gasteiger partial charge in [-0.3, -0.25) is 14.4 Å². The van der Waals surface area contributed by atoms with E-state index in [0.29, 0.717) is 38.5 Å². The van der Waals surface area contributed by atoms with Crippen LogP contribution in [0.3, 0.4) is 0 Å². The topological polar surface area (TPSA) is 155 Å². The van der Waals surface area contributed by atoms with Crippen LogP contribution in [0.5, 0.6) is 0 Å². The maximum absolute atomic E-state index is 13.2. The number of carbonyl (C=O) groups excluding carboxylic acids is 4. The quantitative estimate of drug-likeness (QED) is 0.616. The van der Waals surface area contributed by atoms with Crippen molar-refractivity contribution in [3.05, 3.63) is 29.7 Å². The van der Waals surface area contributed by atoms with Crippen LogP contribution in [-0.4, -0.2) is 58.6 Å². The van der Waals surface area contributed by atoms with Crippen LogP contribution in [0.2, 0.25) is 0 Å². The lowest BCUT2D eigenvalue weighted by molar-refractivity contribution is -0.164. The van der Waals surface area contributed by atoms with Gasteiger partial charge in [0.25, 0.3) is 5.91 Å². The number of rotatable bonds is 6. The SMILES string of the molecule is COC(=O)c1cc(C(=O)NC(C(N)=O)C23CCC(C(=O)OC)(CC2)CC3)n2nccc2n1. The molecule has 2 heterocycles. The number of hydrogen-bond donors (Lipinski definition) is 2. The number of hydrogen-bond acceptors (Lipinski definition) is 8. The van der Waals surface area contributed by atoms with Crippen molar-refractivity contribution in [3.8, 4) is 0 Å². The predicted octanol–water partition coefficient (Wildman–Crippen LogP) is 0.613. The summed E-state index contributed by atoms with van der Waals surface area (Å²) < 4.78 is 11.0. The van der Waals surface area contributed by atoms with Crippen LogP contribution in [0, 0.1) is 10.8 Å². The summed E-state index contributed by atoms with van der Waals surface area (Å²) in [7, 11) is 2.60. The van der Waals surface area contributed by atoms with Gasteiger partial charge in [0.05, 0.1) is 25.8 Å². The molecule has 11 heteroatoms. The van der Waals surface area contributed by atoms with Crippen LogP contribution in [0.4, 0.5) is 0 Å². The second kappa shape index (κ2) is 7.88. The maximum atomic E-state index is 13.2. The third-order valence-corrected chi connectivity index (χ3v) is 7.08. The summed E-state index contributed by atoms with van der Waals surface area (Å²) in [6.07, 6.45) is 4.86. The number of primary amides is 1. The molecule has 3 aliphatic rings. The Morgan fingerprint density at radius 1 is 1.09 bits per heavy atom. The standard InChI is InChI=1S/C21H25N5O6/c1-31-18(29)12-11-13(26-14(24-12)3-10-23-26)17(28)25-15(16(22)27)20-4-7-21(8-5-20,9-6-20)19(30)32-2/h3,10-11,15H,4-9H2,1-2H3,(H2,22,27)(H,25,28). The summed E-state index contributed by atoms with van der Waals surface area (Å²) in [5.74, 6) is -2.19. The maximum Gasteiger partial charge on any atom is 0.356 e. The molecule has 3 aliphatic carbocycles. The molecule has 2 bridgehead atoms. The third kappa shape index (κ3) is 3.37. The fraction of sp³-hybridized carbons (Fsp3) is 0.524. The van der Waals surface area contributed by atoms with Gasteiger partial charge in [-0.05, 0) is 43.9 Å². The monoisotopic (exact) mass is 443 g/mol. The fourth-order valence-electron chi connectivity index (χ4n) is 5.19. The van der Waals surface area contributed by atoms with Gasteiger partial charge in [-0.1, -0.05) is 0 Å². The average Bonchev–Trinajstić information content (AvgIpc) is 3.30. The van der Waals surface area contributed by atoms with Gasteiger partial charge >= 0.3 is 11.9 Å².